The lowest BCUT2D eigenvalue weighted by Crippen LogP contribution is -2.03. The maximum Gasteiger partial charge on any atom is 0.328 e. The number of hydrogen-bond donors (Lipinski definition) is 1. The van der Waals surface area contributed by atoms with E-state index in [1.165, 1.54) is 6.08 Å². The molecule has 1 fully saturated rings. The first-order valence-corrected chi connectivity index (χ1v) is 4.34. The van der Waals surface area contributed by atoms with Crippen molar-refractivity contribution in [3.63, 3.8) is 0 Å². The van der Waals surface area contributed by atoms with Crippen molar-refractivity contribution in [3.05, 3.63) is 11.6 Å². The lowest BCUT2D eigenvalue weighted by Gasteiger charge is -2.14. The first-order valence-electron chi connectivity index (χ1n) is 4.34. The molecule has 1 rings (SSSR count). The summed E-state index contributed by atoms with van der Waals surface area (Å²) in [5.41, 5.74) is 1.38. The summed E-state index contributed by atoms with van der Waals surface area (Å²) in [6, 6.07) is 0. The number of aliphatic carboxylic acids is 1. The highest BCUT2D eigenvalue weighted by atomic mass is 16.4. The van der Waals surface area contributed by atoms with Crippen LogP contribution >= 0.6 is 0 Å². The van der Waals surface area contributed by atoms with Gasteiger partial charge in [-0.25, -0.2) is 4.79 Å². The summed E-state index contributed by atoms with van der Waals surface area (Å²) in [5, 5.41) is 8.59. The zero-order valence-electron chi connectivity index (χ0n) is 7.92. The number of carboxylic acid groups (broad SMARTS) is 1. The van der Waals surface area contributed by atoms with Crippen molar-refractivity contribution in [3.8, 4) is 0 Å². The minimum Gasteiger partial charge on any atom is -0.478 e. The molecule has 12 heavy (non-hydrogen) atoms. The van der Waals surface area contributed by atoms with E-state index in [-0.39, 0.29) is 0 Å². The molecule has 0 bridgehead atoms. The van der Waals surface area contributed by atoms with Gasteiger partial charge in [-0.05, 0) is 24.2 Å². The predicted molar refractivity (Wildman–Crippen MR) is 47.9 cm³/mol. The van der Waals surface area contributed by atoms with E-state index >= 15 is 0 Å². The van der Waals surface area contributed by atoms with E-state index in [9.17, 15) is 4.79 Å². The third kappa shape index (κ3) is 2.10. The number of carbonyl (C=O) groups is 1. The summed E-state index contributed by atoms with van der Waals surface area (Å²) >= 11 is 0. The van der Waals surface area contributed by atoms with Crippen LogP contribution in [-0.2, 0) is 4.79 Å². The highest BCUT2D eigenvalue weighted by Gasteiger charge is 2.32. The van der Waals surface area contributed by atoms with Gasteiger partial charge < -0.3 is 5.11 Å². The van der Waals surface area contributed by atoms with Crippen LogP contribution in [0.2, 0.25) is 0 Å². The Morgan fingerprint density at radius 2 is 2.25 bits per heavy atom. The van der Waals surface area contributed by atoms with E-state index in [1.54, 1.807) is 0 Å². The fraction of sp³-hybridized carbons (Fsp3) is 0.700. The Bertz CT molecular complexity index is 226. The van der Waals surface area contributed by atoms with Crippen LogP contribution in [0.3, 0.4) is 0 Å². The number of hydrogen-bond acceptors (Lipinski definition) is 1. The second-order valence-corrected chi connectivity index (χ2v) is 4.50. The maximum atomic E-state index is 10.4. The Morgan fingerprint density at radius 1 is 1.67 bits per heavy atom. The molecule has 2 heteroatoms. The molecule has 0 aromatic heterocycles. The van der Waals surface area contributed by atoms with Crippen LogP contribution in [0.15, 0.2) is 11.6 Å². The summed E-state index contributed by atoms with van der Waals surface area (Å²) < 4.78 is 0. The Labute approximate surface area is 73.3 Å². The van der Waals surface area contributed by atoms with Gasteiger partial charge in [0.25, 0.3) is 0 Å². The minimum absolute atomic E-state index is 0.292. The van der Waals surface area contributed by atoms with Crippen molar-refractivity contribution in [2.45, 2.75) is 33.6 Å². The fourth-order valence-corrected chi connectivity index (χ4v) is 2.11. The Balaban J connectivity index is 2.77. The van der Waals surface area contributed by atoms with E-state index < -0.39 is 5.97 Å². The summed E-state index contributed by atoms with van der Waals surface area (Å²) in [7, 11) is 0. The summed E-state index contributed by atoms with van der Waals surface area (Å²) in [6.45, 7) is 6.47. The number of carboxylic acids is 1. The van der Waals surface area contributed by atoms with Gasteiger partial charge in [-0.3, -0.25) is 0 Å². The average molecular weight is 168 g/mol. The Hall–Kier alpha value is -0.790. The van der Waals surface area contributed by atoms with Gasteiger partial charge in [0.2, 0.25) is 0 Å². The van der Waals surface area contributed by atoms with Crippen LogP contribution < -0.4 is 0 Å². The smallest absolute Gasteiger partial charge is 0.328 e. The fourth-order valence-electron chi connectivity index (χ4n) is 2.11. The monoisotopic (exact) mass is 168 g/mol. The average Bonchev–Trinajstić information content (AvgIpc) is 2.03. The summed E-state index contributed by atoms with van der Waals surface area (Å²) in [4.78, 5) is 10.4. The van der Waals surface area contributed by atoms with Gasteiger partial charge in [0.15, 0.2) is 0 Å². The molecule has 0 aromatic rings. The molecule has 68 valence electrons. The topological polar surface area (TPSA) is 37.3 Å². The van der Waals surface area contributed by atoms with Crippen molar-refractivity contribution in [1.29, 1.82) is 0 Å². The third-order valence-electron chi connectivity index (χ3n) is 2.48. The van der Waals surface area contributed by atoms with Gasteiger partial charge in [0.1, 0.15) is 0 Å². The summed E-state index contributed by atoms with van der Waals surface area (Å²) in [6.07, 6.45) is 3.41. The highest BCUT2D eigenvalue weighted by molar-refractivity contribution is 5.80. The van der Waals surface area contributed by atoms with Crippen LogP contribution in [0, 0.1) is 11.3 Å². The van der Waals surface area contributed by atoms with Crippen LogP contribution in [0.5, 0.6) is 0 Å². The molecule has 0 spiro atoms. The molecule has 1 unspecified atom stereocenters. The number of allylic oxidation sites excluding steroid dienone is 1. The van der Waals surface area contributed by atoms with E-state index in [4.69, 9.17) is 5.11 Å². The number of rotatable bonds is 1. The lowest BCUT2D eigenvalue weighted by atomic mass is 9.91. The zero-order valence-corrected chi connectivity index (χ0v) is 7.92. The van der Waals surface area contributed by atoms with E-state index in [2.05, 4.69) is 20.8 Å². The molecular weight excluding hydrogens is 152 g/mol. The summed E-state index contributed by atoms with van der Waals surface area (Å²) in [5.74, 6) is -0.370. The minimum atomic E-state index is -0.811. The van der Waals surface area contributed by atoms with Crippen molar-refractivity contribution < 1.29 is 9.90 Å². The van der Waals surface area contributed by atoms with Gasteiger partial charge in [-0.2, -0.15) is 0 Å². The molecule has 0 heterocycles. The Kier molecular flexibility index (Phi) is 2.27. The van der Waals surface area contributed by atoms with Crippen molar-refractivity contribution in [2.24, 2.45) is 11.3 Å². The molecule has 1 atom stereocenters. The van der Waals surface area contributed by atoms with Crippen molar-refractivity contribution in [2.75, 3.05) is 0 Å². The highest BCUT2D eigenvalue weighted by Crippen LogP contribution is 2.44. The molecule has 0 aromatic carbocycles. The lowest BCUT2D eigenvalue weighted by molar-refractivity contribution is -0.131. The van der Waals surface area contributed by atoms with Gasteiger partial charge in [-0.1, -0.05) is 26.3 Å². The first-order chi connectivity index (χ1) is 5.41. The quantitative estimate of drug-likeness (QED) is 0.610. The molecule has 0 amide bonds. The van der Waals surface area contributed by atoms with Crippen LogP contribution in [-0.4, -0.2) is 11.1 Å². The SMILES string of the molecule is CC1CC(C)(C)C/C1=C/C(=O)O. The Morgan fingerprint density at radius 3 is 2.58 bits per heavy atom. The van der Waals surface area contributed by atoms with Crippen LogP contribution in [0.25, 0.3) is 0 Å². The molecule has 1 aliphatic rings. The second kappa shape index (κ2) is 2.92. The van der Waals surface area contributed by atoms with E-state index in [0.717, 1.165) is 18.4 Å². The van der Waals surface area contributed by atoms with E-state index in [0.29, 0.717) is 11.3 Å². The molecule has 1 saturated carbocycles. The van der Waals surface area contributed by atoms with E-state index in [1.807, 2.05) is 0 Å². The third-order valence-corrected chi connectivity index (χ3v) is 2.48. The van der Waals surface area contributed by atoms with Gasteiger partial charge in [0, 0.05) is 6.08 Å². The first kappa shape index (κ1) is 9.30. The molecule has 1 aliphatic carbocycles. The van der Waals surface area contributed by atoms with Gasteiger partial charge in [0.05, 0.1) is 0 Å². The van der Waals surface area contributed by atoms with Crippen molar-refractivity contribution in [1.82, 2.24) is 0 Å². The van der Waals surface area contributed by atoms with Gasteiger partial charge in [-0.15, -0.1) is 0 Å². The largest absolute Gasteiger partial charge is 0.478 e. The molecule has 1 N–H and O–H groups in total. The van der Waals surface area contributed by atoms with Crippen molar-refractivity contribution >= 4 is 5.97 Å². The molecule has 0 saturated heterocycles. The standard InChI is InChI=1S/C10H16O2/c1-7-5-10(2,3)6-8(7)4-9(11)12/h4,7H,5-6H2,1-3H3,(H,11,12)/b8-4-. The molecule has 2 nitrogen and oxygen atoms in total. The second-order valence-electron chi connectivity index (χ2n) is 4.50. The molecular formula is C10H16O2. The molecule has 0 radical (unpaired) electrons. The zero-order chi connectivity index (χ0) is 9.35. The predicted octanol–water partition coefficient (Wildman–Crippen LogP) is 2.45. The van der Waals surface area contributed by atoms with Crippen LogP contribution in [0.1, 0.15) is 33.6 Å². The molecule has 0 aliphatic heterocycles. The van der Waals surface area contributed by atoms with Crippen LogP contribution in [0.4, 0.5) is 0 Å². The normalized spacial score (nSPS) is 30.9. The van der Waals surface area contributed by atoms with Gasteiger partial charge >= 0.3 is 5.97 Å². The maximum absolute atomic E-state index is 10.4.